The molecule has 27 heavy (non-hydrogen) atoms. The van der Waals surface area contributed by atoms with Crippen LogP contribution >= 0.6 is 48.8 Å². The minimum absolute atomic E-state index is 0. The molecule has 4 rings (SSSR count). The first-order chi connectivity index (χ1) is 11.7. The summed E-state index contributed by atoms with van der Waals surface area (Å²) in [7, 11) is 0. The van der Waals surface area contributed by atoms with Gasteiger partial charge in [-0.3, -0.25) is 0 Å². The Morgan fingerprint density at radius 2 is 1.67 bits per heavy atom. The van der Waals surface area contributed by atoms with E-state index < -0.39 is 0 Å². The summed E-state index contributed by atoms with van der Waals surface area (Å²) < 4.78 is 0. The maximum Gasteiger partial charge on any atom is 0.224 e. The number of halogens is 4. The number of nitrogens with two attached hydrogens (primary N) is 1. The third-order valence-electron chi connectivity index (χ3n) is 4.63. The number of fused-ring (bicyclic) bond motifs is 1. The highest BCUT2D eigenvalue weighted by Crippen LogP contribution is 2.38. The molecule has 1 aromatic carbocycles. The lowest BCUT2D eigenvalue weighted by molar-refractivity contribution is 0.573. The van der Waals surface area contributed by atoms with Crippen LogP contribution in [0.1, 0.15) is 30.9 Å². The number of aromatic nitrogens is 2. The SMILES string of the molecule is Cl.Cl.Cl.Nc1nc2c(c(N3CCCCC3)n1)NC(c1ccc(Cl)cc1)CN2. The second kappa shape index (κ2) is 10.3. The Hall–Kier alpha value is -1.34. The molecule has 1 saturated heterocycles. The molecule has 0 bridgehead atoms. The average Bonchev–Trinajstić information content (AvgIpc) is 2.62. The van der Waals surface area contributed by atoms with Gasteiger partial charge in [0, 0.05) is 24.7 Å². The molecule has 150 valence electrons. The van der Waals surface area contributed by atoms with Crippen LogP contribution in [0.2, 0.25) is 5.02 Å². The summed E-state index contributed by atoms with van der Waals surface area (Å²) in [4.78, 5) is 11.2. The third-order valence-corrected chi connectivity index (χ3v) is 4.88. The van der Waals surface area contributed by atoms with Gasteiger partial charge in [0.2, 0.25) is 5.95 Å². The van der Waals surface area contributed by atoms with Crippen molar-refractivity contribution >= 4 is 72.1 Å². The first kappa shape index (κ1) is 23.7. The topological polar surface area (TPSA) is 79.1 Å². The van der Waals surface area contributed by atoms with Gasteiger partial charge in [-0.25, -0.2) is 0 Å². The molecule has 0 radical (unpaired) electrons. The van der Waals surface area contributed by atoms with Crippen LogP contribution in [0.25, 0.3) is 0 Å². The maximum absolute atomic E-state index is 6.00. The van der Waals surface area contributed by atoms with E-state index in [-0.39, 0.29) is 43.3 Å². The van der Waals surface area contributed by atoms with Crippen molar-refractivity contribution in [3.63, 3.8) is 0 Å². The quantitative estimate of drug-likeness (QED) is 0.619. The highest BCUT2D eigenvalue weighted by atomic mass is 35.5. The van der Waals surface area contributed by atoms with Crippen LogP contribution in [0, 0.1) is 0 Å². The number of piperidine rings is 1. The first-order valence-corrected chi connectivity index (χ1v) is 8.77. The molecule has 1 fully saturated rings. The van der Waals surface area contributed by atoms with Gasteiger partial charge in [-0.2, -0.15) is 9.97 Å². The molecule has 3 heterocycles. The number of hydrogen-bond acceptors (Lipinski definition) is 6. The fraction of sp³-hybridized carbons (Fsp3) is 0.412. The van der Waals surface area contributed by atoms with Crippen molar-refractivity contribution in [3.05, 3.63) is 34.9 Å². The van der Waals surface area contributed by atoms with Crippen LogP contribution in [-0.2, 0) is 0 Å². The standard InChI is InChI=1S/C17H21ClN6.3ClH/c18-12-6-4-11(5-7-12)13-10-20-15-14(21-13)16(23-17(19)22-15)24-8-2-1-3-9-24;;;/h4-7,13,21H,1-3,8-10H2,(H3,19,20,22,23);3*1H. The molecule has 0 amide bonds. The highest BCUT2D eigenvalue weighted by Gasteiger charge is 2.27. The van der Waals surface area contributed by atoms with Gasteiger partial charge in [0.15, 0.2) is 11.6 Å². The van der Waals surface area contributed by atoms with E-state index in [2.05, 4.69) is 25.5 Å². The minimum atomic E-state index is 0. The number of nitrogen functional groups attached to an aromatic ring is 1. The van der Waals surface area contributed by atoms with Gasteiger partial charge in [0.25, 0.3) is 0 Å². The largest absolute Gasteiger partial charge is 0.370 e. The van der Waals surface area contributed by atoms with Crippen LogP contribution in [0.15, 0.2) is 24.3 Å². The van der Waals surface area contributed by atoms with Crippen molar-refractivity contribution in [2.75, 3.05) is 40.9 Å². The van der Waals surface area contributed by atoms with Gasteiger partial charge in [-0.05, 0) is 37.0 Å². The lowest BCUT2D eigenvalue weighted by Gasteiger charge is -2.34. The number of benzene rings is 1. The molecular weight excluding hydrogens is 430 g/mol. The fourth-order valence-electron chi connectivity index (χ4n) is 3.38. The molecule has 0 aliphatic carbocycles. The molecule has 2 aliphatic heterocycles. The molecular formula is C17H24Cl4N6. The molecule has 10 heteroatoms. The second-order valence-corrected chi connectivity index (χ2v) is 6.74. The summed E-state index contributed by atoms with van der Waals surface area (Å²) in [6.07, 6.45) is 3.65. The lowest BCUT2D eigenvalue weighted by Crippen LogP contribution is -2.34. The zero-order chi connectivity index (χ0) is 16.5. The Labute approximate surface area is 182 Å². The minimum Gasteiger partial charge on any atom is -0.370 e. The predicted molar refractivity (Wildman–Crippen MR) is 121 cm³/mol. The summed E-state index contributed by atoms with van der Waals surface area (Å²) in [6, 6.07) is 8.07. The third kappa shape index (κ3) is 5.13. The fourth-order valence-corrected chi connectivity index (χ4v) is 3.51. The summed E-state index contributed by atoms with van der Waals surface area (Å²) in [5.74, 6) is 2.00. The van der Waals surface area contributed by atoms with Crippen molar-refractivity contribution in [1.82, 2.24) is 9.97 Å². The second-order valence-electron chi connectivity index (χ2n) is 6.31. The molecule has 6 nitrogen and oxygen atoms in total. The Morgan fingerprint density at radius 3 is 2.33 bits per heavy atom. The van der Waals surface area contributed by atoms with Gasteiger partial charge >= 0.3 is 0 Å². The van der Waals surface area contributed by atoms with E-state index in [1.165, 1.54) is 24.8 Å². The van der Waals surface area contributed by atoms with Crippen LogP contribution in [0.3, 0.4) is 0 Å². The first-order valence-electron chi connectivity index (χ1n) is 8.39. The summed E-state index contributed by atoms with van der Waals surface area (Å²) in [5.41, 5.74) is 8.04. The molecule has 4 N–H and O–H groups in total. The molecule has 1 unspecified atom stereocenters. The Kier molecular flexibility index (Phi) is 9.02. The van der Waals surface area contributed by atoms with Gasteiger partial charge in [-0.1, -0.05) is 23.7 Å². The Bertz CT molecular complexity index is 737. The van der Waals surface area contributed by atoms with Crippen molar-refractivity contribution in [2.24, 2.45) is 0 Å². The number of nitrogens with zero attached hydrogens (tertiary/aromatic N) is 3. The Balaban J connectivity index is 0.00000121. The molecule has 1 atom stereocenters. The van der Waals surface area contributed by atoms with Crippen LogP contribution in [0.5, 0.6) is 0 Å². The van der Waals surface area contributed by atoms with Gasteiger partial charge in [-0.15, -0.1) is 37.2 Å². The summed E-state index contributed by atoms with van der Waals surface area (Å²) in [6.45, 7) is 2.76. The number of rotatable bonds is 2. The van der Waals surface area contributed by atoms with E-state index in [0.717, 1.165) is 42.0 Å². The van der Waals surface area contributed by atoms with Crippen molar-refractivity contribution in [1.29, 1.82) is 0 Å². The van der Waals surface area contributed by atoms with Crippen molar-refractivity contribution in [2.45, 2.75) is 25.3 Å². The van der Waals surface area contributed by atoms with E-state index in [9.17, 15) is 0 Å². The predicted octanol–water partition coefficient (Wildman–Crippen LogP) is 4.55. The van der Waals surface area contributed by atoms with Gasteiger partial charge < -0.3 is 21.3 Å². The monoisotopic (exact) mass is 452 g/mol. The van der Waals surface area contributed by atoms with Crippen molar-refractivity contribution < 1.29 is 0 Å². The number of anilines is 4. The molecule has 2 aliphatic rings. The number of nitrogens with one attached hydrogen (secondary N) is 2. The smallest absolute Gasteiger partial charge is 0.224 e. The van der Waals surface area contributed by atoms with Crippen LogP contribution in [-0.4, -0.2) is 29.6 Å². The molecule has 0 spiro atoms. The lowest BCUT2D eigenvalue weighted by atomic mass is 10.0. The van der Waals surface area contributed by atoms with Crippen molar-refractivity contribution in [3.8, 4) is 0 Å². The highest BCUT2D eigenvalue weighted by molar-refractivity contribution is 6.30. The average molecular weight is 454 g/mol. The van der Waals surface area contributed by atoms with E-state index >= 15 is 0 Å². The van der Waals surface area contributed by atoms with Crippen LogP contribution in [0.4, 0.5) is 23.3 Å². The van der Waals surface area contributed by atoms with E-state index in [1.54, 1.807) is 0 Å². The van der Waals surface area contributed by atoms with E-state index in [0.29, 0.717) is 5.95 Å². The summed E-state index contributed by atoms with van der Waals surface area (Å²) >= 11 is 6.00. The van der Waals surface area contributed by atoms with Gasteiger partial charge in [0.05, 0.1) is 6.04 Å². The molecule has 1 aromatic heterocycles. The molecule has 0 saturated carbocycles. The zero-order valence-corrected chi connectivity index (χ0v) is 17.9. The van der Waals surface area contributed by atoms with E-state index in [4.69, 9.17) is 17.3 Å². The normalized spacial score (nSPS) is 17.8. The maximum atomic E-state index is 6.00. The molecule has 2 aromatic rings. The van der Waals surface area contributed by atoms with E-state index in [1.807, 2.05) is 24.3 Å². The van der Waals surface area contributed by atoms with Gasteiger partial charge in [0.1, 0.15) is 5.69 Å². The Morgan fingerprint density at radius 1 is 1.00 bits per heavy atom. The zero-order valence-electron chi connectivity index (χ0n) is 14.7. The van der Waals surface area contributed by atoms with Crippen LogP contribution < -0.4 is 21.3 Å². The number of hydrogen-bond donors (Lipinski definition) is 3. The summed E-state index contributed by atoms with van der Waals surface area (Å²) in [5, 5.41) is 7.73.